The predicted molar refractivity (Wildman–Crippen MR) is 292 cm³/mol. The third-order valence-electron chi connectivity index (χ3n) is 17.5. The lowest BCUT2D eigenvalue weighted by molar-refractivity contribution is -0.399. The monoisotopic (exact) mass is 1390 g/mol. The average Bonchev–Trinajstić information content (AvgIpc) is 1.76. The number of amides is 3. The number of aliphatic hydroxyl groups excluding tert-OH is 21. The smallest absolute Gasteiger partial charge is 0.217 e. The zero-order valence-corrected chi connectivity index (χ0v) is 51.2. The molecule has 0 aromatic heterocycles. The second-order valence-electron chi connectivity index (χ2n) is 24.1. The number of hydrogen-bond acceptors (Lipinski definition) is 39. The van der Waals surface area contributed by atoms with Gasteiger partial charge in [0, 0.05) is 20.8 Å². The van der Waals surface area contributed by atoms with E-state index in [0.29, 0.717) is 0 Å². The van der Waals surface area contributed by atoms with Crippen LogP contribution in [0.2, 0.25) is 0 Å². The van der Waals surface area contributed by atoms with Gasteiger partial charge in [-0.15, -0.1) is 0 Å². The van der Waals surface area contributed by atoms with Crippen molar-refractivity contribution in [3.8, 4) is 0 Å². The van der Waals surface area contributed by atoms with Crippen molar-refractivity contribution in [1.29, 1.82) is 0 Å². The summed E-state index contributed by atoms with van der Waals surface area (Å²) in [5, 5.41) is 237. The molecule has 39 atom stereocenters. The first kappa shape index (κ1) is 77.7. The Bertz CT molecular complexity index is 2440. The standard InChI is InChI=1S/C53H89N3O39/c1-12-26(66)33(73)37(77)50(82-12)93-43-25(56-15(4)65)46(80)83-21(10-62)42(43)92-48-24(55-14(3)64)32(72)40(19(8-60)87-48)91-53-45(95-51-36(76)29(69)18(7-59)86-51)44(94-52-38(78)34(74)28(68)17(6-58)85-52)30(70)22(89-53)11-81-49-39(79)35(75)41(20(9-61)88-49)90-47-23(54-13(2)63)31(71)27(67)16(5-57)84-47/h12,16-53,57-62,66-80H,5-11H2,1-4H3,(H,54,63)(H,55,64)(H,56,65)/t12-,16+,17+,18+,19+,20+,21+,22+,23+,24+,25+,26+,27+,28+,29-,30+,31+,32+,33+,34-,35+,36+,37-,38-,39-,40+,41+,42+,43+,44-,45-,46?,47-,48-,49-,50-,51-,52+,53-/m0/s1. The van der Waals surface area contributed by atoms with Gasteiger partial charge in [-0.1, -0.05) is 0 Å². The third kappa shape index (κ3) is 17.0. The molecule has 95 heavy (non-hydrogen) atoms. The molecule has 8 rings (SSSR count). The van der Waals surface area contributed by atoms with Crippen molar-refractivity contribution in [3.05, 3.63) is 0 Å². The molecule has 42 heteroatoms. The van der Waals surface area contributed by atoms with Crippen LogP contribution in [-0.4, -0.2) is 411 Å². The predicted octanol–water partition coefficient (Wildman–Crippen LogP) is -16.4. The van der Waals surface area contributed by atoms with Gasteiger partial charge in [-0.25, -0.2) is 0 Å². The van der Waals surface area contributed by atoms with Gasteiger partial charge in [0.2, 0.25) is 17.7 Å². The molecule has 0 bridgehead atoms. The first-order valence-electron chi connectivity index (χ1n) is 30.4. The minimum Gasteiger partial charge on any atom is -0.394 e. The first-order valence-corrected chi connectivity index (χ1v) is 30.4. The molecule has 8 aliphatic rings. The maximum absolute atomic E-state index is 13.1. The van der Waals surface area contributed by atoms with Gasteiger partial charge >= 0.3 is 0 Å². The molecule has 1 unspecified atom stereocenters. The maximum atomic E-state index is 13.1. The lowest BCUT2D eigenvalue weighted by atomic mass is 9.93. The van der Waals surface area contributed by atoms with Gasteiger partial charge in [0.05, 0.1) is 52.4 Å². The van der Waals surface area contributed by atoms with Crippen molar-refractivity contribution in [2.24, 2.45) is 0 Å². The van der Waals surface area contributed by atoms with E-state index in [0.717, 1.165) is 20.8 Å². The van der Waals surface area contributed by atoms with Crippen LogP contribution in [0, 0.1) is 0 Å². The summed E-state index contributed by atoms with van der Waals surface area (Å²) in [6.45, 7) is -2.95. The van der Waals surface area contributed by atoms with Gasteiger partial charge in [0.1, 0.15) is 183 Å². The van der Waals surface area contributed by atoms with E-state index in [2.05, 4.69) is 16.0 Å². The highest BCUT2D eigenvalue weighted by Gasteiger charge is 2.60. The Kier molecular flexibility index (Phi) is 27.5. The van der Waals surface area contributed by atoms with Crippen molar-refractivity contribution in [2.75, 3.05) is 46.2 Å². The molecule has 0 aromatic rings. The van der Waals surface area contributed by atoms with Gasteiger partial charge in [-0.05, 0) is 6.92 Å². The summed E-state index contributed by atoms with van der Waals surface area (Å²) in [5.41, 5.74) is 0. The summed E-state index contributed by atoms with van der Waals surface area (Å²) in [4.78, 5) is 37.9. The van der Waals surface area contributed by atoms with Gasteiger partial charge < -0.3 is 194 Å². The molecule has 0 saturated carbocycles. The van der Waals surface area contributed by atoms with E-state index in [1.165, 1.54) is 6.92 Å². The summed E-state index contributed by atoms with van der Waals surface area (Å²) < 4.78 is 89.0. The van der Waals surface area contributed by atoms with Crippen LogP contribution in [0.5, 0.6) is 0 Å². The largest absolute Gasteiger partial charge is 0.394 e. The lowest BCUT2D eigenvalue weighted by Crippen LogP contribution is -2.71. The first-order chi connectivity index (χ1) is 44.9. The molecular weight excluding hydrogens is 1300 g/mol. The van der Waals surface area contributed by atoms with E-state index in [-0.39, 0.29) is 0 Å². The SMILES string of the molecule is CC(=O)N[C@H]1[C@H](O[C@H]2[C@H](O[C@@H]3O[C@@H](C)[C@@H](O)[C@@H](O)[C@@H]3O)[C@@H](NC(C)=O)C(O)O[C@@H]2CO)O[C@H](CO)[C@@H](O[C@@H]2O[C@H](CO[C@H]3O[C@H](CO)[C@@H](O[C@@H]4O[C@H](CO)[C@@H](O)[C@H](O)[C@H]4NC(C)=O)[C@H](O)[C@@H]3O)[C@@H](O)[C@H](O[C@H]3O[C@H](CO)[C@@H](O)[C@H](O)[C@@H]3O)[C@@H]2O[C@@H]2O[C@H](CO)[C@H](O)[C@H]2O)[C@@H]1O. The molecular formula is C53H89N3O39. The minimum atomic E-state index is -2.36. The Morgan fingerprint density at radius 2 is 0.642 bits per heavy atom. The number of ether oxygens (including phenoxy) is 15. The number of nitrogens with one attached hydrogen (secondary N) is 3. The fourth-order valence-corrected chi connectivity index (χ4v) is 12.3. The van der Waals surface area contributed by atoms with Gasteiger partial charge in [0.15, 0.2) is 50.3 Å². The average molecular weight is 1390 g/mol. The Morgan fingerprint density at radius 1 is 0.295 bits per heavy atom. The van der Waals surface area contributed by atoms with Gasteiger partial charge in [-0.2, -0.15) is 0 Å². The highest BCUT2D eigenvalue weighted by atomic mass is 16.8. The van der Waals surface area contributed by atoms with Crippen LogP contribution in [-0.2, 0) is 85.4 Å². The van der Waals surface area contributed by atoms with Crippen LogP contribution in [0.25, 0.3) is 0 Å². The zero-order chi connectivity index (χ0) is 69.9. The van der Waals surface area contributed by atoms with Crippen molar-refractivity contribution >= 4 is 17.7 Å². The highest BCUT2D eigenvalue weighted by Crippen LogP contribution is 2.40. The Hall–Kier alpha value is -3.03. The van der Waals surface area contributed by atoms with E-state index in [1.54, 1.807) is 0 Å². The number of aliphatic hydroxyl groups is 21. The molecule has 0 radical (unpaired) electrons. The van der Waals surface area contributed by atoms with Crippen molar-refractivity contribution in [2.45, 2.75) is 267 Å². The van der Waals surface area contributed by atoms with Crippen molar-refractivity contribution in [1.82, 2.24) is 16.0 Å². The van der Waals surface area contributed by atoms with E-state index < -0.39 is 303 Å². The molecule has 8 fully saturated rings. The minimum absolute atomic E-state index is 0.767. The van der Waals surface area contributed by atoms with Crippen LogP contribution in [0.1, 0.15) is 27.7 Å². The molecule has 550 valence electrons. The van der Waals surface area contributed by atoms with Gasteiger partial charge in [0.25, 0.3) is 0 Å². The summed E-state index contributed by atoms with van der Waals surface area (Å²) in [7, 11) is 0. The maximum Gasteiger partial charge on any atom is 0.217 e. The molecule has 8 aliphatic heterocycles. The number of carbonyl (C=O) groups excluding carboxylic acids is 3. The molecule has 8 saturated heterocycles. The molecule has 0 aliphatic carbocycles. The summed E-state index contributed by atoms with van der Waals surface area (Å²) in [6, 6.07) is -5.26. The Morgan fingerprint density at radius 3 is 1.17 bits per heavy atom. The molecule has 0 spiro atoms. The van der Waals surface area contributed by atoms with E-state index >= 15 is 0 Å². The molecule has 0 aromatic carbocycles. The quantitative estimate of drug-likeness (QED) is 0.0427. The highest BCUT2D eigenvalue weighted by molar-refractivity contribution is 5.74. The van der Waals surface area contributed by atoms with Gasteiger partial charge in [-0.3, -0.25) is 14.4 Å². The van der Waals surface area contributed by atoms with Crippen molar-refractivity contribution in [3.63, 3.8) is 0 Å². The van der Waals surface area contributed by atoms with E-state index in [9.17, 15) is 122 Å². The summed E-state index contributed by atoms with van der Waals surface area (Å²) in [5.74, 6) is -2.53. The zero-order valence-electron chi connectivity index (χ0n) is 51.2. The van der Waals surface area contributed by atoms with E-state index in [1.807, 2.05) is 0 Å². The lowest BCUT2D eigenvalue weighted by Gasteiger charge is -2.51. The molecule has 8 heterocycles. The van der Waals surface area contributed by atoms with Crippen LogP contribution in [0.4, 0.5) is 0 Å². The number of carbonyl (C=O) groups is 3. The number of rotatable bonds is 24. The van der Waals surface area contributed by atoms with Crippen LogP contribution >= 0.6 is 0 Å². The normalized spacial score (nSPS) is 49.8. The van der Waals surface area contributed by atoms with Crippen LogP contribution < -0.4 is 16.0 Å². The van der Waals surface area contributed by atoms with E-state index in [4.69, 9.17) is 71.1 Å². The second-order valence-corrected chi connectivity index (χ2v) is 24.1. The molecule has 3 amide bonds. The third-order valence-corrected chi connectivity index (χ3v) is 17.5. The van der Waals surface area contributed by atoms with Crippen LogP contribution in [0.3, 0.4) is 0 Å². The van der Waals surface area contributed by atoms with Crippen molar-refractivity contribution < 1.29 is 193 Å². The topological polar surface area (TPSA) is 651 Å². The Labute approximate surface area is 538 Å². The van der Waals surface area contributed by atoms with Crippen LogP contribution in [0.15, 0.2) is 0 Å². The molecule has 42 nitrogen and oxygen atoms in total. The molecule has 24 N–H and O–H groups in total. The summed E-state index contributed by atoms with van der Waals surface area (Å²) >= 11 is 0. The second kappa shape index (κ2) is 33.6. The fraction of sp³-hybridized carbons (Fsp3) is 0.943. The summed E-state index contributed by atoms with van der Waals surface area (Å²) in [6.07, 6.45) is -70.9. The number of hydrogen-bond donors (Lipinski definition) is 24. The fourth-order valence-electron chi connectivity index (χ4n) is 12.3. The Balaban J connectivity index is 1.13.